The molecule has 1 aromatic heterocycles. The third-order valence-corrected chi connectivity index (χ3v) is 8.15. The lowest BCUT2D eigenvalue weighted by atomic mass is 10.0. The monoisotopic (exact) mass is 583 g/mol. The molecule has 0 saturated heterocycles. The van der Waals surface area contributed by atoms with Gasteiger partial charge in [0.25, 0.3) is 15.9 Å². The molecule has 1 fully saturated rings. The molecular weight excluding hydrogens is 542 g/mol. The summed E-state index contributed by atoms with van der Waals surface area (Å²) < 4.78 is 105. The third-order valence-electron chi connectivity index (χ3n) is 6.76. The molecule has 1 aliphatic carbocycles. The molecular formula is C31H33N3O6S. The van der Waals surface area contributed by atoms with Gasteiger partial charge in [0.05, 0.1) is 12.0 Å². The predicted molar refractivity (Wildman–Crippen MR) is 157 cm³/mol. The maximum atomic E-state index is 13.1. The summed E-state index contributed by atoms with van der Waals surface area (Å²) in [6.07, 6.45) is 1.24. The summed E-state index contributed by atoms with van der Waals surface area (Å²) in [6.45, 7) is -5.47. The molecule has 1 saturated carbocycles. The van der Waals surface area contributed by atoms with Crippen LogP contribution >= 0.6 is 0 Å². The summed E-state index contributed by atoms with van der Waals surface area (Å²) in [5, 5.41) is 2.80. The van der Waals surface area contributed by atoms with Gasteiger partial charge in [-0.15, -0.1) is 0 Å². The van der Waals surface area contributed by atoms with E-state index in [1.165, 1.54) is 43.5 Å². The minimum absolute atomic E-state index is 0.0919. The van der Waals surface area contributed by atoms with Gasteiger partial charge in [0.1, 0.15) is 11.9 Å². The number of carbonyl (C=O) groups is 2. The van der Waals surface area contributed by atoms with E-state index >= 15 is 0 Å². The minimum Gasteiger partial charge on any atom is -0.496 e. The largest absolute Gasteiger partial charge is 0.496 e. The van der Waals surface area contributed by atoms with Gasteiger partial charge in [0, 0.05) is 52.7 Å². The van der Waals surface area contributed by atoms with Gasteiger partial charge in [-0.05, 0) is 85.6 Å². The summed E-state index contributed by atoms with van der Waals surface area (Å²) in [7, 11) is -3.44. The van der Waals surface area contributed by atoms with Crippen molar-refractivity contribution in [1.29, 1.82) is 0 Å². The quantitative estimate of drug-likeness (QED) is 0.275. The van der Waals surface area contributed by atoms with Gasteiger partial charge in [-0.1, -0.05) is 24.3 Å². The van der Waals surface area contributed by atoms with Crippen molar-refractivity contribution in [1.82, 2.24) is 9.29 Å². The molecule has 0 radical (unpaired) electrons. The van der Waals surface area contributed by atoms with Crippen LogP contribution in [0.5, 0.6) is 5.75 Å². The minimum atomic E-state index is -4.65. The van der Waals surface area contributed by atoms with Crippen LogP contribution in [0.1, 0.15) is 63.7 Å². The van der Waals surface area contributed by atoms with E-state index in [1.807, 2.05) is 4.72 Å². The SMILES string of the molecule is [2H]C([2H])([2H])c1ccccc1S(=O)(=O)NC(=O)c1ccc(C([2H])([2H])c2cn(C([2H])([2H])[2H])c3ccc(NC(=O)OC4CCCC4)cc23)c(OC)c1. The lowest BCUT2D eigenvalue weighted by molar-refractivity contribution is 0.0980. The van der Waals surface area contributed by atoms with Gasteiger partial charge >= 0.3 is 6.09 Å². The van der Waals surface area contributed by atoms with E-state index in [1.54, 1.807) is 0 Å². The Kier molecular flexibility index (Phi) is 5.61. The van der Waals surface area contributed by atoms with Crippen molar-refractivity contribution >= 4 is 38.6 Å². The topological polar surface area (TPSA) is 116 Å². The number of hydrogen-bond acceptors (Lipinski definition) is 6. The molecule has 5 rings (SSSR count). The van der Waals surface area contributed by atoms with Crippen molar-refractivity contribution in [2.75, 3.05) is 12.4 Å². The molecule has 1 heterocycles. The summed E-state index contributed by atoms with van der Waals surface area (Å²) >= 11 is 0. The van der Waals surface area contributed by atoms with Gasteiger partial charge in [0.15, 0.2) is 0 Å². The molecule has 2 N–H and O–H groups in total. The molecule has 0 atom stereocenters. The van der Waals surface area contributed by atoms with Gasteiger partial charge < -0.3 is 14.0 Å². The maximum absolute atomic E-state index is 13.1. The fourth-order valence-electron chi connectivity index (χ4n) is 4.73. The van der Waals surface area contributed by atoms with Crippen LogP contribution in [0.15, 0.2) is 71.8 Å². The number of amides is 2. The number of sulfonamides is 1. The fraction of sp³-hybridized carbons (Fsp3) is 0.290. The molecule has 0 spiro atoms. The first-order valence-corrected chi connectivity index (χ1v) is 14.3. The van der Waals surface area contributed by atoms with Crippen molar-refractivity contribution in [2.24, 2.45) is 6.98 Å². The standard InChI is InChI=1S/C31H33N3O6S/c1-20-8-4-7-11-29(20)41(37,38)33-30(35)22-13-12-21(28(17-22)39-3)16-23-19-34(2)27-15-14-24(18-26(23)27)32-31(36)40-25-9-5-6-10-25/h4,7-8,11-15,17-19,25H,5-6,9-10,16H2,1-3H3,(H,32,36)(H,33,35)/i1D3,2D3,16D2. The first kappa shape index (κ1) is 19.7. The summed E-state index contributed by atoms with van der Waals surface area (Å²) in [5.41, 5.74) is -0.529. The normalized spacial score (nSPS) is 17.6. The lowest BCUT2D eigenvalue weighted by Crippen LogP contribution is -2.31. The Balaban J connectivity index is 1.49. The zero-order valence-electron chi connectivity index (χ0n) is 30.1. The van der Waals surface area contributed by atoms with Gasteiger partial charge in [-0.2, -0.15) is 0 Å². The predicted octanol–water partition coefficient (Wildman–Crippen LogP) is 5.70. The first-order chi connectivity index (χ1) is 22.8. The summed E-state index contributed by atoms with van der Waals surface area (Å²) in [5.74, 6) is -1.30. The van der Waals surface area contributed by atoms with Gasteiger partial charge in [-0.3, -0.25) is 10.1 Å². The van der Waals surface area contributed by atoms with Crippen LogP contribution in [-0.4, -0.2) is 38.2 Å². The number of methoxy groups -OCH3 is 1. The van der Waals surface area contributed by atoms with Crippen molar-refractivity contribution in [3.05, 3.63) is 89.1 Å². The van der Waals surface area contributed by atoms with Gasteiger partial charge in [0.2, 0.25) is 0 Å². The number of aromatic nitrogens is 1. The molecule has 214 valence electrons. The average molecular weight is 584 g/mol. The van der Waals surface area contributed by atoms with Crippen LogP contribution in [0.2, 0.25) is 0 Å². The van der Waals surface area contributed by atoms with E-state index in [9.17, 15) is 18.0 Å². The number of carbonyl (C=O) groups excluding carboxylic acids is 2. The number of aryl methyl sites for hydroxylation is 2. The fourth-order valence-corrected chi connectivity index (χ4v) is 5.82. The molecule has 3 aromatic carbocycles. The van der Waals surface area contributed by atoms with Crippen LogP contribution < -0.4 is 14.8 Å². The van der Waals surface area contributed by atoms with Crippen LogP contribution in [-0.2, 0) is 28.1 Å². The number of anilines is 1. The Morgan fingerprint density at radius 1 is 1.07 bits per heavy atom. The lowest BCUT2D eigenvalue weighted by Gasteiger charge is -2.13. The maximum Gasteiger partial charge on any atom is 0.411 e. The second-order valence-electron chi connectivity index (χ2n) is 9.55. The van der Waals surface area contributed by atoms with E-state index in [0.717, 1.165) is 60.7 Å². The second-order valence-corrected chi connectivity index (χ2v) is 11.2. The molecule has 0 unspecified atom stereocenters. The van der Waals surface area contributed by atoms with Crippen LogP contribution in [0.3, 0.4) is 0 Å². The van der Waals surface area contributed by atoms with Crippen molar-refractivity contribution in [3.63, 3.8) is 0 Å². The van der Waals surface area contributed by atoms with E-state index in [2.05, 4.69) is 5.32 Å². The van der Waals surface area contributed by atoms with Crippen LogP contribution in [0.4, 0.5) is 10.5 Å². The summed E-state index contributed by atoms with van der Waals surface area (Å²) in [4.78, 5) is 25.1. The molecule has 0 bridgehead atoms. The molecule has 0 aliphatic heterocycles. The smallest absolute Gasteiger partial charge is 0.411 e. The number of ether oxygens (including phenoxy) is 2. The van der Waals surface area contributed by atoms with Crippen molar-refractivity contribution in [3.8, 4) is 5.75 Å². The number of fused-ring (bicyclic) bond motifs is 1. The molecule has 41 heavy (non-hydrogen) atoms. The van der Waals surface area contributed by atoms with E-state index in [0.29, 0.717) is 0 Å². The Morgan fingerprint density at radius 3 is 2.63 bits per heavy atom. The molecule has 10 heteroatoms. The Morgan fingerprint density at radius 2 is 1.88 bits per heavy atom. The highest BCUT2D eigenvalue weighted by Gasteiger charge is 2.22. The molecule has 9 nitrogen and oxygen atoms in total. The number of nitrogens with zero attached hydrogens (tertiary/aromatic N) is 1. The first-order valence-electron chi connectivity index (χ1n) is 16.8. The number of rotatable bonds is 8. The Labute approximate surface area is 250 Å². The molecule has 1 aliphatic rings. The third kappa shape index (κ3) is 6.22. The summed E-state index contributed by atoms with van der Waals surface area (Å²) in [6, 6.07) is 12.7. The van der Waals surface area contributed by atoms with E-state index < -0.39 is 52.7 Å². The number of benzene rings is 3. The highest BCUT2D eigenvalue weighted by Crippen LogP contribution is 2.30. The molecule has 4 aromatic rings. The van der Waals surface area contributed by atoms with E-state index in [4.69, 9.17) is 20.4 Å². The zero-order valence-corrected chi connectivity index (χ0v) is 22.9. The Bertz CT molecular complexity index is 2020. The number of nitrogens with one attached hydrogen (secondary N) is 2. The average Bonchev–Trinajstić information content (AvgIpc) is 3.68. The highest BCUT2D eigenvalue weighted by atomic mass is 32.2. The highest BCUT2D eigenvalue weighted by molar-refractivity contribution is 7.90. The molecule has 2 amide bonds. The Hall–Kier alpha value is -4.31. The number of hydrogen-bond donors (Lipinski definition) is 2. The second kappa shape index (κ2) is 11.7. The van der Waals surface area contributed by atoms with Crippen LogP contribution in [0, 0.1) is 6.85 Å². The van der Waals surface area contributed by atoms with Crippen molar-refractivity contribution < 1.29 is 38.4 Å². The van der Waals surface area contributed by atoms with Crippen LogP contribution in [0.25, 0.3) is 10.9 Å². The van der Waals surface area contributed by atoms with Gasteiger partial charge in [-0.25, -0.2) is 17.9 Å². The zero-order chi connectivity index (χ0) is 35.9. The van der Waals surface area contributed by atoms with E-state index in [-0.39, 0.29) is 45.1 Å². The van der Waals surface area contributed by atoms with Crippen molar-refractivity contribution in [2.45, 2.75) is 49.9 Å².